The highest BCUT2D eigenvalue weighted by Gasteiger charge is 2.34. The van der Waals surface area contributed by atoms with E-state index in [0.29, 0.717) is 12.2 Å². The van der Waals surface area contributed by atoms with Crippen molar-refractivity contribution in [3.05, 3.63) is 71.9 Å². The molecule has 2 atom stereocenters. The van der Waals surface area contributed by atoms with Crippen molar-refractivity contribution in [3.8, 4) is 0 Å². The molecule has 2 unspecified atom stereocenters. The zero-order chi connectivity index (χ0) is 15.8. The zero-order valence-electron chi connectivity index (χ0n) is 13.9. The third-order valence-electron chi connectivity index (χ3n) is 5.32. The molecular formula is C21H24N2. The Morgan fingerprint density at radius 2 is 1.96 bits per heavy atom. The Morgan fingerprint density at radius 3 is 2.65 bits per heavy atom. The van der Waals surface area contributed by atoms with Crippen molar-refractivity contribution in [1.82, 2.24) is 0 Å². The van der Waals surface area contributed by atoms with Gasteiger partial charge in [0.15, 0.2) is 0 Å². The van der Waals surface area contributed by atoms with Gasteiger partial charge < -0.3 is 9.80 Å². The van der Waals surface area contributed by atoms with Gasteiger partial charge in [-0.2, -0.15) is 0 Å². The smallest absolute Gasteiger partial charge is 0.0991 e. The number of benzene rings is 1. The molecule has 2 aliphatic carbocycles. The fourth-order valence-electron chi connectivity index (χ4n) is 3.92. The van der Waals surface area contributed by atoms with E-state index < -0.39 is 0 Å². The van der Waals surface area contributed by atoms with Gasteiger partial charge in [0.25, 0.3) is 0 Å². The van der Waals surface area contributed by atoms with Crippen molar-refractivity contribution in [2.24, 2.45) is 0 Å². The normalized spacial score (nSPS) is 26.2. The predicted molar refractivity (Wildman–Crippen MR) is 98.9 cm³/mol. The minimum Gasteiger partial charge on any atom is -0.353 e. The largest absolute Gasteiger partial charge is 0.353 e. The molecule has 118 valence electrons. The Morgan fingerprint density at radius 1 is 1.13 bits per heavy atom. The molecule has 0 amide bonds. The van der Waals surface area contributed by atoms with E-state index in [2.05, 4.69) is 84.5 Å². The molecule has 0 radical (unpaired) electrons. The van der Waals surface area contributed by atoms with Gasteiger partial charge in [0.05, 0.1) is 23.6 Å². The highest BCUT2D eigenvalue weighted by Crippen LogP contribution is 2.41. The summed E-state index contributed by atoms with van der Waals surface area (Å²) in [6.45, 7) is 2.29. The van der Waals surface area contributed by atoms with Crippen LogP contribution in [0.2, 0.25) is 0 Å². The van der Waals surface area contributed by atoms with Crippen molar-refractivity contribution in [3.63, 3.8) is 0 Å². The number of rotatable bonds is 2. The van der Waals surface area contributed by atoms with Crippen LogP contribution in [0.5, 0.6) is 0 Å². The molecule has 0 fully saturated rings. The average Bonchev–Trinajstić information content (AvgIpc) is 2.87. The monoisotopic (exact) mass is 304 g/mol. The second-order valence-corrected chi connectivity index (χ2v) is 6.62. The topological polar surface area (TPSA) is 6.48 Å². The van der Waals surface area contributed by atoms with E-state index in [4.69, 9.17) is 0 Å². The molecular weight excluding hydrogens is 280 g/mol. The fourth-order valence-corrected chi connectivity index (χ4v) is 3.92. The van der Waals surface area contributed by atoms with Gasteiger partial charge >= 0.3 is 0 Å². The van der Waals surface area contributed by atoms with Gasteiger partial charge in [-0.15, -0.1) is 0 Å². The van der Waals surface area contributed by atoms with Crippen LogP contribution in [0.25, 0.3) is 0 Å². The van der Waals surface area contributed by atoms with E-state index in [1.54, 1.807) is 0 Å². The molecule has 1 heterocycles. The highest BCUT2D eigenvalue weighted by atomic mass is 15.4. The van der Waals surface area contributed by atoms with Crippen molar-refractivity contribution in [1.29, 1.82) is 0 Å². The molecule has 1 aromatic carbocycles. The van der Waals surface area contributed by atoms with Gasteiger partial charge in [-0.25, -0.2) is 0 Å². The Labute approximate surface area is 139 Å². The first kappa shape index (κ1) is 14.4. The molecule has 0 bridgehead atoms. The van der Waals surface area contributed by atoms with Crippen LogP contribution < -0.4 is 9.80 Å². The summed E-state index contributed by atoms with van der Waals surface area (Å²) >= 11 is 0. The van der Waals surface area contributed by atoms with Crippen LogP contribution in [0, 0.1) is 0 Å². The van der Waals surface area contributed by atoms with Gasteiger partial charge in [0, 0.05) is 7.05 Å². The third-order valence-corrected chi connectivity index (χ3v) is 5.32. The minimum atomic E-state index is 0.397. The van der Waals surface area contributed by atoms with Crippen molar-refractivity contribution in [2.75, 3.05) is 16.8 Å². The lowest BCUT2D eigenvalue weighted by atomic mass is 9.91. The second-order valence-electron chi connectivity index (χ2n) is 6.62. The predicted octanol–water partition coefficient (Wildman–Crippen LogP) is 4.82. The molecule has 4 rings (SSSR count). The quantitative estimate of drug-likeness (QED) is 0.773. The summed E-state index contributed by atoms with van der Waals surface area (Å²) in [6, 6.07) is 9.18. The highest BCUT2D eigenvalue weighted by molar-refractivity contribution is 5.78. The van der Waals surface area contributed by atoms with E-state index in [9.17, 15) is 0 Å². The van der Waals surface area contributed by atoms with Crippen LogP contribution in [0.4, 0.5) is 11.4 Å². The lowest BCUT2D eigenvalue weighted by molar-refractivity contribution is 0.598. The number of anilines is 2. The first-order chi connectivity index (χ1) is 11.3. The van der Waals surface area contributed by atoms with Crippen LogP contribution in [-0.4, -0.2) is 19.3 Å². The van der Waals surface area contributed by atoms with Crippen molar-refractivity contribution in [2.45, 2.75) is 38.4 Å². The van der Waals surface area contributed by atoms with E-state index in [1.807, 2.05) is 0 Å². The molecule has 23 heavy (non-hydrogen) atoms. The summed E-state index contributed by atoms with van der Waals surface area (Å²) in [5.41, 5.74) is 5.59. The first-order valence-electron chi connectivity index (χ1n) is 8.60. The number of allylic oxidation sites excluding steroid dienone is 6. The Kier molecular flexibility index (Phi) is 3.60. The summed E-state index contributed by atoms with van der Waals surface area (Å²) < 4.78 is 0. The first-order valence-corrected chi connectivity index (χ1v) is 8.60. The van der Waals surface area contributed by atoms with E-state index in [0.717, 1.165) is 6.42 Å². The van der Waals surface area contributed by atoms with Crippen LogP contribution in [0.1, 0.15) is 26.2 Å². The number of para-hydroxylation sites is 2. The summed E-state index contributed by atoms with van der Waals surface area (Å²) in [5.74, 6) is 0. The molecule has 2 nitrogen and oxygen atoms in total. The molecule has 2 heteroatoms. The van der Waals surface area contributed by atoms with Crippen LogP contribution in [0.15, 0.2) is 71.9 Å². The van der Waals surface area contributed by atoms with E-state index in [-0.39, 0.29) is 0 Å². The fraction of sp³-hybridized carbons (Fsp3) is 0.333. The molecule has 0 saturated heterocycles. The average molecular weight is 304 g/mol. The maximum atomic E-state index is 2.55. The van der Waals surface area contributed by atoms with Crippen LogP contribution in [0.3, 0.4) is 0 Å². The van der Waals surface area contributed by atoms with Crippen molar-refractivity contribution < 1.29 is 0 Å². The van der Waals surface area contributed by atoms with Gasteiger partial charge in [0.2, 0.25) is 0 Å². The summed E-state index contributed by atoms with van der Waals surface area (Å²) in [7, 11) is 2.19. The number of fused-ring (bicyclic) bond motifs is 1. The maximum Gasteiger partial charge on any atom is 0.0991 e. The molecule has 0 aromatic heterocycles. The summed E-state index contributed by atoms with van der Waals surface area (Å²) in [4.78, 5) is 4.92. The standard InChI is InChI=1S/C21H24N2/c1-16-22(2)20-10-6-7-11-21(20)23(16)19-14-12-18(13-15-19)17-8-4-3-5-9-17/h3-4,6-8,10-14,16,19H,5,9,15H2,1-2H3. The number of nitrogens with zero attached hydrogens (tertiary/aromatic N) is 2. The van der Waals surface area contributed by atoms with Crippen molar-refractivity contribution >= 4 is 11.4 Å². The maximum absolute atomic E-state index is 2.55. The molecule has 0 saturated carbocycles. The minimum absolute atomic E-state index is 0.397. The zero-order valence-corrected chi connectivity index (χ0v) is 13.9. The summed E-state index contributed by atoms with van der Waals surface area (Å²) in [6.07, 6.45) is 17.7. The Hall–Kier alpha value is -2.22. The van der Waals surface area contributed by atoms with E-state index in [1.165, 1.54) is 35.4 Å². The Bertz CT molecular complexity index is 723. The Balaban J connectivity index is 1.57. The second kappa shape index (κ2) is 5.77. The molecule has 0 spiro atoms. The van der Waals surface area contributed by atoms with Gasteiger partial charge in [-0.05, 0) is 49.5 Å². The molecule has 1 aliphatic heterocycles. The number of hydrogen-bond donors (Lipinski definition) is 0. The molecule has 3 aliphatic rings. The number of hydrogen-bond acceptors (Lipinski definition) is 2. The van der Waals surface area contributed by atoms with Gasteiger partial charge in [0.1, 0.15) is 0 Å². The lowest BCUT2D eigenvalue weighted by Gasteiger charge is -2.34. The summed E-state index contributed by atoms with van der Waals surface area (Å²) in [5, 5.41) is 0. The molecule has 1 aromatic rings. The lowest BCUT2D eigenvalue weighted by Crippen LogP contribution is -2.44. The van der Waals surface area contributed by atoms with Gasteiger partial charge in [-0.3, -0.25) is 0 Å². The molecule has 0 N–H and O–H groups in total. The van der Waals surface area contributed by atoms with Crippen LogP contribution >= 0.6 is 0 Å². The third kappa shape index (κ3) is 2.42. The van der Waals surface area contributed by atoms with Gasteiger partial charge in [-0.1, -0.05) is 48.6 Å². The van der Waals surface area contributed by atoms with Crippen LogP contribution in [-0.2, 0) is 0 Å². The SMILES string of the molecule is CC1N(C)c2ccccc2N1C1C=CC(C2=CC=CCC2)=CC1. The van der Waals surface area contributed by atoms with E-state index >= 15 is 0 Å².